The van der Waals surface area contributed by atoms with Crippen LogP contribution in [0.1, 0.15) is 12.5 Å². The molecule has 0 radical (unpaired) electrons. The second-order valence-electron chi connectivity index (χ2n) is 5.58. The third-order valence-electron chi connectivity index (χ3n) is 3.92. The number of ether oxygens (including phenoxy) is 1. The van der Waals surface area contributed by atoms with E-state index in [-0.39, 0.29) is 11.8 Å². The fourth-order valence-corrected chi connectivity index (χ4v) is 2.68. The van der Waals surface area contributed by atoms with Crippen LogP contribution in [0.4, 0.5) is 11.4 Å². The molecule has 1 aromatic carbocycles. The maximum atomic E-state index is 12.0. The first-order valence-corrected chi connectivity index (χ1v) is 7.19. The molecule has 0 aromatic heterocycles. The molecule has 108 valence electrons. The first-order chi connectivity index (χ1) is 9.65. The standard InChI is InChI=1S/C15H21N3O2/c1-10-7-12(18-5-3-16-4-6-18)8-13-14(10)20-9-11(2)15(19)17-13/h7-8,11,16H,3-6,9H2,1-2H3,(H,17,19). The highest BCUT2D eigenvalue weighted by molar-refractivity contribution is 5.95. The number of piperazine rings is 1. The number of nitrogens with one attached hydrogen (secondary N) is 2. The number of rotatable bonds is 1. The molecule has 2 aliphatic rings. The van der Waals surface area contributed by atoms with Crippen molar-refractivity contribution in [1.82, 2.24) is 5.32 Å². The predicted octanol–water partition coefficient (Wildman–Crippen LogP) is 1.37. The highest BCUT2D eigenvalue weighted by atomic mass is 16.5. The Bertz CT molecular complexity index is 524. The van der Waals surface area contributed by atoms with Gasteiger partial charge in [0.25, 0.3) is 0 Å². The third-order valence-corrected chi connectivity index (χ3v) is 3.92. The van der Waals surface area contributed by atoms with Crippen LogP contribution >= 0.6 is 0 Å². The van der Waals surface area contributed by atoms with Gasteiger partial charge in [-0.25, -0.2) is 0 Å². The fourth-order valence-electron chi connectivity index (χ4n) is 2.68. The van der Waals surface area contributed by atoms with Gasteiger partial charge in [-0.05, 0) is 24.6 Å². The van der Waals surface area contributed by atoms with Crippen molar-refractivity contribution in [3.8, 4) is 5.75 Å². The quantitative estimate of drug-likeness (QED) is 0.813. The summed E-state index contributed by atoms with van der Waals surface area (Å²) in [6.45, 7) is 8.33. The summed E-state index contributed by atoms with van der Waals surface area (Å²) < 4.78 is 5.79. The van der Waals surface area contributed by atoms with E-state index >= 15 is 0 Å². The van der Waals surface area contributed by atoms with E-state index in [9.17, 15) is 4.79 Å². The molecule has 2 N–H and O–H groups in total. The molecule has 2 heterocycles. The molecule has 2 aliphatic heterocycles. The molecular weight excluding hydrogens is 254 g/mol. The molecule has 1 fully saturated rings. The first-order valence-electron chi connectivity index (χ1n) is 7.19. The zero-order chi connectivity index (χ0) is 14.1. The van der Waals surface area contributed by atoms with Gasteiger partial charge in [0.2, 0.25) is 5.91 Å². The number of carbonyl (C=O) groups excluding carboxylic acids is 1. The van der Waals surface area contributed by atoms with E-state index in [4.69, 9.17) is 4.74 Å². The van der Waals surface area contributed by atoms with Crippen molar-refractivity contribution in [2.75, 3.05) is 43.0 Å². The van der Waals surface area contributed by atoms with E-state index in [1.54, 1.807) is 0 Å². The van der Waals surface area contributed by atoms with Gasteiger partial charge in [0.1, 0.15) is 5.75 Å². The number of nitrogens with zero attached hydrogens (tertiary/aromatic N) is 1. The van der Waals surface area contributed by atoms with Crippen LogP contribution in [0.3, 0.4) is 0 Å². The second kappa shape index (κ2) is 5.32. The van der Waals surface area contributed by atoms with Crippen molar-refractivity contribution in [1.29, 1.82) is 0 Å². The van der Waals surface area contributed by atoms with Gasteiger partial charge in [0.05, 0.1) is 18.2 Å². The Kier molecular flexibility index (Phi) is 3.53. The van der Waals surface area contributed by atoms with Crippen LogP contribution in [0.25, 0.3) is 0 Å². The number of amides is 1. The molecule has 5 nitrogen and oxygen atoms in total. The summed E-state index contributed by atoms with van der Waals surface area (Å²) >= 11 is 0. The lowest BCUT2D eigenvalue weighted by Crippen LogP contribution is -2.43. The van der Waals surface area contributed by atoms with Crippen LogP contribution in [0.5, 0.6) is 5.75 Å². The molecule has 0 bridgehead atoms. The Morgan fingerprint density at radius 3 is 2.80 bits per heavy atom. The van der Waals surface area contributed by atoms with E-state index in [0.29, 0.717) is 6.61 Å². The van der Waals surface area contributed by atoms with Crippen LogP contribution in [0.2, 0.25) is 0 Å². The largest absolute Gasteiger partial charge is 0.490 e. The molecule has 0 aliphatic carbocycles. The van der Waals surface area contributed by atoms with E-state index < -0.39 is 0 Å². The first kappa shape index (κ1) is 13.2. The van der Waals surface area contributed by atoms with Crippen LogP contribution < -0.4 is 20.3 Å². The molecule has 0 saturated carbocycles. The monoisotopic (exact) mass is 275 g/mol. The summed E-state index contributed by atoms with van der Waals surface area (Å²) in [5.74, 6) is 0.714. The number of benzene rings is 1. The molecule has 20 heavy (non-hydrogen) atoms. The summed E-state index contributed by atoms with van der Waals surface area (Å²) in [4.78, 5) is 14.3. The smallest absolute Gasteiger partial charge is 0.230 e. The van der Waals surface area contributed by atoms with Crippen molar-refractivity contribution in [2.24, 2.45) is 5.92 Å². The molecule has 3 rings (SSSR count). The Hall–Kier alpha value is -1.75. The predicted molar refractivity (Wildman–Crippen MR) is 79.6 cm³/mol. The molecular formula is C15H21N3O2. The summed E-state index contributed by atoms with van der Waals surface area (Å²) in [6.07, 6.45) is 0. The minimum Gasteiger partial charge on any atom is -0.490 e. The molecule has 0 spiro atoms. The molecule has 1 amide bonds. The Morgan fingerprint density at radius 1 is 1.30 bits per heavy atom. The van der Waals surface area contributed by atoms with Crippen molar-refractivity contribution in [3.05, 3.63) is 17.7 Å². The lowest BCUT2D eigenvalue weighted by atomic mass is 10.1. The van der Waals surface area contributed by atoms with E-state index in [1.807, 2.05) is 19.9 Å². The van der Waals surface area contributed by atoms with Crippen LogP contribution in [0.15, 0.2) is 12.1 Å². The second-order valence-corrected chi connectivity index (χ2v) is 5.58. The van der Waals surface area contributed by atoms with Gasteiger partial charge in [0.15, 0.2) is 0 Å². The number of hydrogen-bond acceptors (Lipinski definition) is 4. The lowest BCUT2D eigenvalue weighted by Gasteiger charge is -2.30. The minimum absolute atomic E-state index is 0.0283. The van der Waals surface area contributed by atoms with Gasteiger partial charge in [0, 0.05) is 31.9 Å². The van der Waals surface area contributed by atoms with Gasteiger partial charge in [-0.15, -0.1) is 0 Å². The number of anilines is 2. The highest BCUT2D eigenvalue weighted by Crippen LogP contribution is 2.36. The van der Waals surface area contributed by atoms with E-state index in [1.165, 1.54) is 0 Å². The molecule has 5 heteroatoms. The Morgan fingerprint density at radius 2 is 2.05 bits per heavy atom. The average molecular weight is 275 g/mol. The third kappa shape index (κ3) is 2.45. The zero-order valence-corrected chi connectivity index (χ0v) is 12.0. The Labute approximate surface area is 119 Å². The lowest BCUT2D eigenvalue weighted by molar-refractivity contribution is -0.119. The van der Waals surface area contributed by atoms with Gasteiger partial charge in [-0.2, -0.15) is 0 Å². The fraction of sp³-hybridized carbons (Fsp3) is 0.533. The normalized spacial score (nSPS) is 22.6. The summed E-state index contributed by atoms with van der Waals surface area (Å²) in [5, 5.41) is 6.33. The maximum absolute atomic E-state index is 12.0. The number of carbonyl (C=O) groups is 1. The van der Waals surface area contributed by atoms with Gasteiger partial charge >= 0.3 is 0 Å². The number of fused-ring (bicyclic) bond motifs is 1. The topological polar surface area (TPSA) is 53.6 Å². The molecule has 1 unspecified atom stereocenters. The van der Waals surface area contributed by atoms with Gasteiger partial charge in [-0.3, -0.25) is 4.79 Å². The van der Waals surface area contributed by atoms with E-state index in [0.717, 1.165) is 48.9 Å². The van der Waals surface area contributed by atoms with Crippen molar-refractivity contribution < 1.29 is 9.53 Å². The van der Waals surface area contributed by atoms with E-state index in [2.05, 4.69) is 21.6 Å². The number of aryl methyl sites for hydroxylation is 1. The van der Waals surface area contributed by atoms with Crippen LogP contribution in [-0.4, -0.2) is 38.7 Å². The number of hydrogen-bond donors (Lipinski definition) is 2. The van der Waals surface area contributed by atoms with Crippen molar-refractivity contribution in [2.45, 2.75) is 13.8 Å². The van der Waals surface area contributed by atoms with Crippen LogP contribution in [0, 0.1) is 12.8 Å². The van der Waals surface area contributed by atoms with Gasteiger partial charge in [-0.1, -0.05) is 6.92 Å². The van der Waals surface area contributed by atoms with Crippen LogP contribution in [-0.2, 0) is 4.79 Å². The average Bonchev–Trinajstić information content (AvgIpc) is 2.60. The summed E-state index contributed by atoms with van der Waals surface area (Å²) in [7, 11) is 0. The molecule has 1 atom stereocenters. The molecule has 1 saturated heterocycles. The minimum atomic E-state index is -0.121. The maximum Gasteiger partial charge on any atom is 0.230 e. The van der Waals surface area contributed by atoms with Crippen molar-refractivity contribution in [3.63, 3.8) is 0 Å². The summed E-state index contributed by atoms with van der Waals surface area (Å²) in [5.41, 5.74) is 3.03. The van der Waals surface area contributed by atoms with Crippen molar-refractivity contribution >= 4 is 17.3 Å². The Balaban J connectivity index is 1.94. The van der Waals surface area contributed by atoms with Gasteiger partial charge < -0.3 is 20.3 Å². The SMILES string of the molecule is Cc1cc(N2CCNCC2)cc2c1OCC(C)C(=O)N2. The zero-order valence-electron chi connectivity index (χ0n) is 12.0. The highest BCUT2D eigenvalue weighted by Gasteiger charge is 2.23. The molecule has 1 aromatic rings. The summed E-state index contributed by atoms with van der Waals surface area (Å²) in [6, 6.07) is 4.18.